The molecule has 94 valence electrons. The van der Waals surface area contributed by atoms with Crippen LogP contribution in [0.1, 0.15) is 12.6 Å². The van der Waals surface area contributed by atoms with E-state index in [9.17, 15) is 0 Å². The maximum atomic E-state index is 8.70. The van der Waals surface area contributed by atoms with E-state index in [1.807, 2.05) is 55.5 Å². The standard InChI is InChI=1S/C16H14N2O/c1-2-3-10-19-16-8-5-13(6-9-16)14-4-7-15(11-17)18-12-14/h2-9,12H,10H2,1H3/b3-2+. The Hall–Kier alpha value is -2.60. The third-order valence-corrected chi connectivity index (χ3v) is 2.65. The Balaban J connectivity index is 2.11. The van der Waals surface area contributed by atoms with Gasteiger partial charge >= 0.3 is 0 Å². The molecule has 0 amide bonds. The van der Waals surface area contributed by atoms with Gasteiger partial charge in [-0.1, -0.05) is 24.3 Å². The molecular weight excluding hydrogens is 236 g/mol. The van der Waals surface area contributed by atoms with Gasteiger partial charge in [0.1, 0.15) is 24.1 Å². The van der Waals surface area contributed by atoms with Crippen molar-refractivity contribution >= 4 is 0 Å². The van der Waals surface area contributed by atoms with Crippen molar-refractivity contribution in [1.82, 2.24) is 4.98 Å². The zero-order valence-corrected chi connectivity index (χ0v) is 10.7. The van der Waals surface area contributed by atoms with E-state index in [-0.39, 0.29) is 0 Å². The van der Waals surface area contributed by atoms with Gasteiger partial charge in [0.15, 0.2) is 0 Å². The van der Waals surface area contributed by atoms with Crippen LogP contribution in [-0.2, 0) is 0 Å². The highest BCUT2D eigenvalue weighted by Gasteiger charge is 1.99. The van der Waals surface area contributed by atoms with Crippen LogP contribution >= 0.6 is 0 Å². The van der Waals surface area contributed by atoms with Crippen molar-refractivity contribution in [1.29, 1.82) is 5.26 Å². The molecule has 2 rings (SSSR count). The smallest absolute Gasteiger partial charge is 0.140 e. The van der Waals surface area contributed by atoms with Gasteiger partial charge in [0.25, 0.3) is 0 Å². The number of nitriles is 1. The second kappa shape index (κ2) is 6.36. The van der Waals surface area contributed by atoms with Gasteiger partial charge < -0.3 is 4.74 Å². The second-order valence-corrected chi connectivity index (χ2v) is 3.95. The van der Waals surface area contributed by atoms with E-state index in [1.54, 1.807) is 12.3 Å². The number of ether oxygens (including phenoxy) is 1. The fourth-order valence-corrected chi connectivity index (χ4v) is 1.61. The number of aromatic nitrogens is 1. The Kier molecular flexibility index (Phi) is 4.30. The zero-order valence-electron chi connectivity index (χ0n) is 10.7. The molecule has 0 aliphatic heterocycles. The fraction of sp³-hybridized carbons (Fsp3) is 0.125. The van der Waals surface area contributed by atoms with Crippen LogP contribution in [0.5, 0.6) is 5.75 Å². The van der Waals surface area contributed by atoms with E-state index in [1.165, 1.54) is 0 Å². The number of hydrogen-bond acceptors (Lipinski definition) is 3. The lowest BCUT2D eigenvalue weighted by molar-refractivity contribution is 0.363. The lowest BCUT2D eigenvalue weighted by Crippen LogP contribution is -1.92. The lowest BCUT2D eigenvalue weighted by atomic mass is 10.1. The summed E-state index contributed by atoms with van der Waals surface area (Å²) >= 11 is 0. The Morgan fingerprint density at radius 1 is 1.16 bits per heavy atom. The van der Waals surface area contributed by atoms with Crippen LogP contribution in [0.2, 0.25) is 0 Å². The molecule has 0 aliphatic carbocycles. The minimum Gasteiger partial charge on any atom is -0.490 e. The van der Waals surface area contributed by atoms with Gasteiger partial charge in [0, 0.05) is 11.8 Å². The monoisotopic (exact) mass is 250 g/mol. The van der Waals surface area contributed by atoms with E-state index in [0.29, 0.717) is 12.3 Å². The molecule has 0 radical (unpaired) electrons. The van der Waals surface area contributed by atoms with Crippen LogP contribution in [0, 0.1) is 11.3 Å². The highest BCUT2D eigenvalue weighted by atomic mass is 16.5. The summed E-state index contributed by atoms with van der Waals surface area (Å²) in [5, 5.41) is 8.70. The molecule has 2 aromatic rings. The van der Waals surface area contributed by atoms with Crippen molar-refractivity contribution in [2.75, 3.05) is 6.61 Å². The maximum Gasteiger partial charge on any atom is 0.140 e. The molecule has 0 saturated carbocycles. The van der Waals surface area contributed by atoms with Crippen LogP contribution in [0.4, 0.5) is 0 Å². The summed E-state index contributed by atoms with van der Waals surface area (Å²) in [6.45, 7) is 2.54. The first-order valence-electron chi connectivity index (χ1n) is 6.04. The number of hydrogen-bond donors (Lipinski definition) is 0. The predicted molar refractivity (Wildman–Crippen MR) is 74.7 cm³/mol. The number of nitrogens with zero attached hydrogens (tertiary/aromatic N) is 2. The molecule has 0 saturated heterocycles. The molecule has 0 fully saturated rings. The quantitative estimate of drug-likeness (QED) is 0.779. The molecule has 0 spiro atoms. The van der Waals surface area contributed by atoms with Crippen molar-refractivity contribution in [3.05, 3.63) is 60.4 Å². The molecule has 1 heterocycles. The van der Waals surface area contributed by atoms with Crippen molar-refractivity contribution in [3.8, 4) is 22.9 Å². The third kappa shape index (κ3) is 3.43. The normalized spacial score (nSPS) is 10.3. The van der Waals surface area contributed by atoms with Crippen LogP contribution in [0.3, 0.4) is 0 Å². The summed E-state index contributed by atoms with van der Waals surface area (Å²) < 4.78 is 5.53. The van der Waals surface area contributed by atoms with Crippen molar-refractivity contribution < 1.29 is 4.74 Å². The average molecular weight is 250 g/mol. The third-order valence-electron chi connectivity index (χ3n) is 2.65. The van der Waals surface area contributed by atoms with Crippen LogP contribution < -0.4 is 4.74 Å². The summed E-state index contributed by atoms with van der Waals surface area (Å²) in [6.07, 6.45) is 5.61. The summed E-state index contributed by atoms with van der Waals surface area (Å²) in [5.74, 6) is 0.837. The molecule has 0 unspecified atom stereocenters. The van der Waals surface area contributed by atoms with E-state index in [4.69, 9.17) is 10.00 Å². The molecular formula is C16H14N2O. The molecule has 0 atom stereocenters. The highest BCUT2D eigenvalue weighted by molar-refractivity contribution is 5.63. The number of benzene rings is 1. The van der Waals surface area contributed by atoms with Crippen LogP contribution in [-0.4, -0.2) is 11.6 Å². The minimum absolute atomic E-state index is 0.426. The molecule has 3 nitrogen and oxygen atoms in total. The van der Waals surface area contributed by atoms with Gasteiger partial charge in [0.2, 0.25) is 0 Å². The molecule has 0 bridgehead atoms. The summed E-state index contributed by atoms with van der Waals surface area (Å²) in [6, 6.07) is 13.4. The van der Waals surface area contributed by atoms with Crippen LogP contribution in [0.15, 0.2) is 54.7 Å². The van der Waals surface area contributed by atoms with E-state index >= 15 is 0 Å². The number of pyridine rings is 1. The van der Waals surface area contributed by atoms with Gasteiger partial charge in [-0.05, 0) is 36.8 Å². The molecule has 0 aliphatic rings. The number of rotatable bonds is 4. The molecule has 1 aromatic heterocycles. The Morgan fingerprint density at radius 3 is 2.47 bits per heavy atom. The first-order chi connectivity index (χ1) is 9.33. The van der Waals surface area contributed by atoms with E-state index < -0.39 is 0 Å². The molecule has 0 N–H and O–H groups in total. The Morgan fingerprint density at radius 2 is 1.89 bits per heavy atom. The van der Waals surface area contributed by atoms with Crippen molar-refractivity contribution in [2.24, 2.45) is 0 Å². The van der Waals surface area contributed by atoms with Gasteiger partial charge in [-0.3, -0.25) is 0 Å². The molecule has 1 aromatic carbocycles. The Labute approximate surface area is 112 Å². The van der Waals surface area contributed by atoms with Gasteiger partial charge in [0.05, 0.1) is 0 Å². The second-order valence-electron chi connectivity index (χ2n) is 3.95. The summed E-state index contributed by atoms with van der Waals surface area (Å²) in [5.41, 5.74) is 2.46. The predicted octanol–water partition coefficient (Wildman–Crippen LogP) is 3.58. The Bertz CT molecular complexity index is 592. The van der Waals surface area contributed by atoms with Gasteiger partial charge in [-0.25, -0.2) is 4.98 Å². The first-order valence-corrected chi connectivity index (χ1v) is 6.04. The number of allylic oxidation sites excluding steroid dienone is 1. The topological polar surface area (TPSA) is 45.9 Å². The lowest BCUT2D eigenvalue weighted by Gasteiger charge is -2.05. The summed E-state index contributed by atoms with van der Waals surface area (Å²) in [4.78, 5) is 4.06. The average Bonchev–Trinajstić information content (AvgIpc) is 2.48. The molecule has 19 heavy (non-hydrogen) atoms. The van der Waals surface area contributed by atoms with Crippen molar-refractivity contribution in [3.63, 3.8) is 0 Å². The van der Waals surface area contributed by atoms with Crippen LogP contribution in [0.25, 0.3) is 11.1 Å². The van der Waals surface area contributed by atoms with Gasteiger partial charge in [-0.2, -0.15) is 5.26 Å². The highest BCUT2D eigenvalue weighted by Crippen LogP contribution is 2.21. The minimum atomic E-state index is 0.426. The van der Waals surface area contributed by atoms with Crippen molar-refractivity contribution in [2.45, 2.75) is 6.92 Å². The zero-order chi connectivity index (χ0) is 13.5. The SMILES string of the molecule is C/C=C/COc1ccc(-c2ccc(C#N)nc2)cc1. The first kappa shape index (κ1) is 12.8. The van der Waals surface area contributed by atoms with E-state index in [0.717, 1.165) is 16.9 Å². The van der Waals surface area contributed by atoms with E-state index in [2.05, 4.69) is 4.98 Å². The fourth-order valence-electron chi connectivity index (χ4n) is 1.61. The summed E-state index contributed by atoms with van der Waals surface area (Å²) in [7, 11) is 0. The largest absolute Gasteiger partial charge is 0.490 e. The molecule has 3 heteroatoms. The maximum absolute atomic E-state index is 8.70. The van der Waals surface area contributed by atoms with Gasteiger partial charge in [-0.15, -0.1) is 0 Å².